The molecule has 0 fully saturated rings. The first kappa shape index (κ1) is 15.2. The lowest BCUT2D eigenvalue weighted by atomic mass is 10.2. The Morgan fingerprint density at radius 3 is 2.48 bits per heavy atom. The molecule has 21 heavy (non-hydrogen) atoms. The van der Waals surface area contributed by atoms with Crippen molar-refractivity contribution in [1.29, 1.82) is 0 Å². The normalized spacial score (nSPS) is 10.4. The third-order valence-corrected chi connectivity index (χ3v) is 3.25. The number of benzene rings is 1. The average molecular weight is 285 g/mol. The molecule has 0 atom stereocenters. The monoisotopic (exact) mass is 285 g/mol. The highest BCUT2D eigenvalue weighted by Crippen LogP contribution is 2.18. The molecule has 0 spiro atoms. The highest BCUT2D eigenvalue weighted by molar-refractivity contribution is 5.58. The summed E-state index contributed by atoms with van der Waals surface area (Å²) in [6, 6.07) is 8.08. The van der Waals surface area contributed by atoms with Crippen molar-refractivity contribution in [1.82, 2.24) is 15.2 Å². The van der Waals surface area contributed by atoms with Gasteiger partial charge in [0.05, 0.1) is 6.20 Å². The molecule has 5 heteroatoms. The van der Waals surface area contributed by atoms with E-state index in [-0.39, 0.29) is 0 Å². The molecule has 0 radical (unpaired) electrons. The fourth-order valence-corrected chi connectivity index (χ4v) is 2.21. The summed E-state index contributed by atoms with van der Waals surface area (Å²) >= 11 is 0. The van der Waals surface area contributed by atoms with Crippen LogP contribution in [0.4, 0.5) is 17.5 Å². The van der Waals surface area contributed by atoms with Gasteiger partial charge >= 0.3 is 0 Å². The number of aryl methyl sites for hydroxylation is 1. The second-order valence-corrected chi connectivity index (χ2v) is 5.07. The van der Waals surface area contributed by atoms with Gasteiger partial charge in [-0.2, -0.15) is 10.1 Å². The van der Waals surface area contributed by atoms with E-state index >= 15 is 0 Å². The fraction of sp³-hybridized carbons (Fsp3) is 0.438. The molecule has 2 aromatic rings. The molecular formula is C16H23N5. The van der Waals surface area contributed by atoms with Crippen molar-refractivity contribution >= 4 is 17.5 Å². The summed E-state index contributed by atoms with van der Waals surface area (Å²) in [4.78, 5) is 6.84. The Balaban J connectivity index is 2.18. The number of rotatable bonds is 7. The lowest BCUT2D eigenvalue weighted by molar-refractivity contribution is 0.728. The third-order valence-electron chi connectivity index (χ3n) is 3.25. The molecular weight excluding hydrogens is 262 g/mol. The predicted octanol–water partition coefficient (Wildman–Crippen LogP) is 3.55. The predicted molar refractivity (Wildman–Crippen MR) is 87.1 cm³/mol. The average Bonchev–Trinajstić information content (AvgIpc) is 2.50. The number of anilines is 3. The zero-order valence-electron chi connectivity index (χ0n) is 13.0. The van der Waals surface area contributed by atoms with Crippen LogP contribution in [-0.2, 0) is 0 Å². The summed E-state index contributed by atoms with van der Waals surface area (Å²) < 4.78 is 0. The SMILES string of the molecule is CCCN(CCC)c1cnnc(Nc2ccccc2C)n1. The van der Waals surface area contributed by atoms with E-state index < -0.39 is 0 Å². The number of hydrogen-bond acceptors (Lipinski definition) is 5. The molecule has 1 aromatic carbocycles. The van der Waals surface area contributed by atoms with Gasteiger partial charge in [-0.25, -0.2) is 0 Å². The van der Waals surface area contributed by atoms with E-state index in [2.05, 4.69) is 52.2 Å². The molecule has 0 aliphatic rings. The van der Waals surface area contributed by atoms with E-state index in [4.69, 9.17) is 0 Å². The molecule has 0 unspecified atom stereocenters. The Morgan fingerprint density at radius 2 is 1.81 bits per heavy atom. The van der Waals surface area contributed by atoms with Crippen LogP contribution in [0.15, 0.2) is 30.5 Å². The maximum atomic E-state index is 4.59. The Hall–Kier alpha value is -2.17. The van der Waals surface area contributed by atoms with Gasteiger partial charge < -0.3 is 10.2 Å². The van der Waals surface area contributed by atoms with Gasteiger partial charge in [-0.05, 0) is 31.4 Å². The van der Waals surface area contributed by atoms with Crippen LogP contribution < -0.4 is 10.2 Å². The maximum Gasteiger partial charge on any atom is 0.249 e. The zero-order valence-corrected chi connectivity index (χ0v) is 13.0. The van der Waals surface area contributed by atoms with E-state index in [1.54, 1.807) is 6.20 Å². The number of hydrogen-bond donors (Lipinski definition) is 1. The highest BCUT2D eigenvalue weighted by Gasteiger charge is 2.09. The second kappa shape index (κ2) is 7.57. The molecule has 0 aliphatic heterocycles. The summed E-state index contributed by atoms with van der Waals surface area (Å²) in [5, 5.41) is 11.4. The summed E-state index contributed by atoms with van der Waals surface area (Å²) in [6.07, 6.45) is 3.91. The van der Waals surface area contributed by atoms with Crippen molar-refractivity contribution in [3.05, 3.63) is 36.0 Å². The smallest absolute Gasteiger partial charge is 0.249 e. The summed E-state index contributed by atoms with van der Waals surface area (Å²) in [5.41, 5.74) is 2.17. The van der Waals surface area contributed by atoms with Crippen molar-refractivity contribution in [3.63, 3.8) is 0 Å². The number of nitrogens with one attached hydrogen (secondary N) is 1. The molecule has 5 nitrogen and oxygen atoms in total. The van der Waals surface area contributed by atoms with E-state index in [0.29, 0.717) is 5.95 Å². The first-order valence-corrected chi connectivity index (χ1v) is 7.52. The third kappa shape index (κ3) is 4.15. The maximum absolute atomic E-state index is 4.59. The van der Waals surface area contributed by atoms with Crippen LogP contribution in [0.2, 0.25) is 0 Å². The molecule has 1 heterocycles. The van der Waals surface area contributed by atoms with Gasteiger partial charge in [0, 0.05) is 18.8 Å². The zero-order chi connectivity index (χ0) is 15.1. The first-order chi connectivity index (χ1) is 10.2. The van der Waals surface area contributed by atoms with Gasteiger partial charge in [0.15, 0.2) is 5.82 Å². The van der Waals surface area contributed by atoms with Gasteiger partial charge in [0.2, 0.25) is 5.95 Å². The Labute approximate surface area is 126 Å². The van der Waals surface area contributed by atoms with Crippen molar-refractivity contribution in [2.24, 2.45) is 0 Å². The molecule has 0 saturated heterocycles. The van der Waals surface area contributed by atoms with Gasteiger partial charge in [-0.1, -0.05) is 32.0 Å². The van der Waals surface area contributed by atoms with E-state index in [1.807, 2.05) is 18.2 Å². The number of nitrogens with zero attached hydrogens (tertiary/aromatic N) is 4. The van der Waals surface area contributed by atoms with Crippen molar-refractivity contribution < 1.29 is 0 Å². The summed E-state index contributed by atoms with van der Waals surface area (Å²) in [7, 11) is 0. The molecule has 0 saturated carbocycles. The van der Waals surface area contributed by atoms with Crippen LogP contribution >= 0.6 is 0 Å². The lowest BCUT2D eigenvalue weighted by Crippen LogP contribution is -2.26. The molecule has 0 bridgehead atoms. The van der Waals surface area contributed by atoms with Gasteiger partial charge in [0.25, 0.3) is 0 Å². The molecule has 2 rings (SSSR count). The van der Waals surface area contributed by atoms with E-state index in [0.717, 1.165) is 43.0 Å². The summed E-state index contributed by atoms with van der Waals surface area (Å²) in [5.74, 6) is 1.42. The van der Waals surface area contributed by atoms with Gasteiger partial charge in [-0.15, -0.1) is 5.10 Å². The standard InChI is InChI=1S/C16H23N5/c1-4-10-21(11-5-2)15-12-17-20-16(19-15)18-14-9-7-6-8-13(14)3/h6-9,12H,4-5,10-11H2,1-3H3,(H,18,19,20). The first-order valence-electron chi connectivity index (χ1n) is 7.52. The molecule has 1 aromatic heterocycles. The van der Waals surface area contributed by atoms with Crippen LogP contribution in [0.1, 0.15) is 32.3 Å². The largest absolute Gasteiger partial charge is 0.355 e. The second-order valence-electron chi connectivity index (χ2n) is 5.07. The van der Waals surface area contributed by atoms with Crippen LogP contribution in [0.5, 0.6) is 0 Å². The van der Waals surface area contributed by atoms with Crippen molar-refractivity contribution in [3.8, 4) is 0 Å². The topological polar surface area (TPSA) is 53.9 Å². The minimum Gasteiger partial charge on any atom is -0.355 e. The lowest BCUT2D eigenvalue weighted by Gasteiger charge is -2.22. The van der Waals surface area contributed by atoms with Crippen LogP contribution in [0.3, 0.4) is 0 Å². The Morgan fingerprint density at radius 1 is 1.10 bits per heavy atom. The molecule has 1 N–H and O–H groups in total. The molecule has 0 aliphatic carbocycles. The van der Waals surface area contributed by atoms with Gasteiger partial charge in [-0.3, -0.25) is 0 Å². The Kier molecular flexibility index (Phi) is 5.49. The van der Waals surface area contributed by atoms with E-state index in [1.165, 1.54) is 0 Å². The number of aromatic nitrogens is 3. The van der Waals surface area contributed by atoms with Crippen LogP contribution in [0, 0.1) is 6.92 Å². The Bertz CT molecular complexity index is 564. The van der Waals surface area contributed by atoms with Crippen molar-refractivity contribution in [2.45, 2.75) is 33.6 Å². The highest BCUT2D eigenvalue weighted by atomic mass is 15.3. The van der Waals surface area contributed by atoms with Gasteiger partial charge in [0.1, 0.15) is 0 Å². The van der Waals surface area contributed by atoms with E-state index in [9.17, 15) is 0 Å². The minimum atomic E-state index is 0.541. The fourth-order valence-electron chi connectivity index (χ4n) is 2.21. The molecule has 0 amide bonds. The minimum absolute atomic E-state index is 0.541. The summed E-state index contributed by atoms with van der Waals surface area (Å²) in [6.45, 7) is 8.36. The van der Waals surface area contributed by atoms with Crippen LogP contribution in [0.25, 0.3) is 0 Å². The van der Waals surface area contributed by atoms with Crippen LogP contribution in [-0.4, -0.2) is 28.3 Å². The molecule has 112 valence electrons. The quantitative estimate of drug-likeness (QED) is 0.843. The van der Waals surface area contributed by atoms with Crippen molar-refractivity contribution in [2.75, 3.05) is 23.3 Å². The number of para-hydroxylation sites is 1.